The highest BCUT2D eigenvalue weighted by Gasteiger charge is 2.47. The van der Waals surface area contributed by atoms with E-state index in [1.54, 1.807) is 84.0 Å². The molecule has 9 nitrogen and oxygen atoms in total. The van der Waals surface area contributed by atoms with Gasteiger partial charge >= 0.3 is 6.09 Å². The van der Waals surface area contributed by atoms with Crippen LogP contribution >= 0.6 is 0 Å². The van der Waals surface area contributed by atoms with Gasteiger partial charge in [-0.25, -0.2) is 27.3 Å². The van der Waals surface area contributed by atoms with Crippen molar-refractivity contribution >= 4 is 22.1 Å². The Morgan fingerprint density at radius 3 is 2.33 bits per heavy atom. The molecule has 0 spiro atoms. The molecule has 2 atom stereocenters. The van der Waals surface area contributed by atoms with Crippen molar-refractivity contribution in [2.45, 2.75) is 89.8 Å². The van der Waals surface area contributed by atoms with E-state index < -0.39 is 50.0 Å². The second-order valence-electron chi connectivity index (χ2n) is 12.1. The Kier molecular flexibility index (Phi) is 9.08. The van der Waals surface area contributed by atoms with E-state index in [9.17, 15) is 17.6 Å². The minimum Gasteiger partial charge on any atom is -0.491 e. The molecule has 11 heteroatoms. The molecular formula is C29H40FN3O6S. The normalized spacial score (nSPS) is 20.1. The number of carbonyl (C=O) groups is 1. The Balaban J connectivity index is 1.64. The number of amidine groups is 1. The van der Waals surface area contributed by atoms with Gasteiger partial charge in [-0.2, -0.15) is 0 Å². The molecule has 3 rings (SSSR count). The summed E-state index contributed by atoms with van der Waals surface area (Å²) in [5.41, 5.74) is -1.29. The molecule has 1 fully saturated rings. The van der Waals surface area contributed by atoms with Crippen LogP contribution in [0.5, 0.6) is 5.75 Å². The molecule has 0 aliphatic carbocycles. The van der Waals surface area contributed by atoms with Crippen molar-refractivity contribution in [1.82, 2.24) is 10.0 Å². The maximum Gasteiger partial charge on any atom is 0.408 e. The zero-order chi connectivity index (χ0) is 29.9. The average Bonchev–Trinajstić information content (AvgIpc) is 2.79. The lowest BCUT2D eigenvalue weighted by Crippen LogP contribution is -2.59. The smallest absolute Gasteiger partial charge is 0.408 e. The summed E-state index contributed by atoms with van der Waals surface area (Å²) in [6.07, 6.45) is -0.344. The van der Waals surface area contributed by atoms with Crippen LogP contribution in [0.1, 0.15) is 72.6 Å². The molecule has 2 aromatic carbocycles. The predicted molar refractivity (Wildman–Crippen MR) is 152 cm³/mol. The van der Waals surface area contributed by atoms with Gasteiger partial charge in [-0.15, -0.1) is 0 Å². The molecule has 0 unspecified atom stereocenters. The van der Waals surface area contributed by atoms with Crippen LogP contribution in [0.2, 0.25) is 0 Å². The van der Waals surface area contributed by atoms with E-state index in [0.717, 1.165) is 5.56 Å². The Morgan fingerprint density at radius 1 is 1.12 bits per heavy atom. The molecular weight excluding hydrogens is 537 g/mol. The SMILES string of the molecule is C[C@H](N=C1NS(=O)(=O)[C@H](Cc2ccc(OCC(C)(C)NC(=O)OC(C)(C)C)cc2)C(C)(C)O1)c1ccccc1F. The van der Waals surface area contributed by atoms with Gasteiger partial charge in [0.1, 0.15) is 34.6 Å². The summed E-state index contributed by atoms with van der Waals surface area (Å²) in [5.74, 6) is 0.143. The third-order valence-corrected chi connectivity index (χ3v) is 8.13. The number of alkyl carbamates (subject to hydrolysis) is 1. The van der Waals surface area contributed by atoms with Gasteiger partial charge in [-0.1, -0.05) is 30.3 Å². The van der Waals surface area contributed by atoms with Gasteiger partial charge < -0.3 is 19.5 Å². The fraction of sp³-hybridized carbons (Fsp3) is 0.517. The number of carbonyl (C=O) groups excluding carboxylic acids is 1. The highest BCUT2D eigenvalue weighted by Crippen LogP contribution is 2.30. The molecule has 1 aliphatic rings. The summed E-state index contributed by atoms with van der Waals surface area (Å²) in [7, 11) is -3.86. The number of ether oxygens (including phenoxy) is 3. The fourth-order valence-electron chi connectivity index (χ4n) is 4.19. The van der Waals surface area contributed by atoms with Crippen LogP contribution in [0.25, 0.3) is 0 Å². The number of aliphatic imine (C=N–C) groups is 1. The zero-order valence-electron chi connectivity index (χ0n) is 24.4. The lowest BCUT2D eigenvalue weighted by Gasteiger charge is -2.39. The third-order valence-electron chi connectivity index (χ3n) is 6.19. The lowest BCUT2D eigenvalue weighted by molar-refractivity contribution is 0.0441. The maximum atomic E-state index is 14.2. The minimum atomic E-state index is -3.86. The van der Waals surface area contributed by atoms with Crippen molar-refractivity contribution in [3.8, 4) is 5.75 Å². The quantitative estimate of drug-likeness (QED) is 0.442. The highest BCUT2D eigenvalue weighted by atomic mass is 32.2. The zero-order valence-corrected chi connectivity index (χ0v) is 25.2. The average molecular weight is 578 g/mol. The van der Waals surface area contributed by atoms with Gasteiger partial charge in [0, 0.05) is 5.56 Å². The van der Waals surface area contributed by atoms with Crippen LogP contribution in [0.15, 0.2) is 53.5 Å². The highest BCUT2D eigenvalue weighted by molar-refractivity contribution is 7.90. The topological polar surface area (TPSA) is 115 Å². The standard InChI is InChI=1S/C29H40FN3O6S/c1-19(22-11-9-10-12-23(22)30)31-25-33-40(35,36)24(29(7,8)38-25)17-20-13-15-21(16-14-20)37-18-28(5,6)32-26(34)39-27(2,3)4/h9-16,19,24H,17-18H2,1-8H3,(H,31,33)(H,32,34)/t19-,24+/m0/s1. The van der Waals surface area contributed by atoms with E-state index in [2.05, 4.69) is 15.0 Å². The third kappa shape index (κ3) is 8.58. The van der Waals surface area contributed by atoms with E-state index in [1.807, 2.05) is 13.8 Å². The molecule has 1 saturated heterocycles. The molecule has 1 amide bonds. The summed E-state index contributed by atoms with van der Waals surface area (Å²) >= 11 is 0. The maximum absolute atomic E-state index is 14.2. The number of benzene rings is 2. The second kappa shape index (κ2) is 11.6. The molecule has 2 N–H and O–H groups in total. The van der Waals surface area contributed by atoms with Crippen molar-refractivity contribution in [2.75, 3.05) is 6.61 Å². The van der Waals surface area contributed by atoms with E-state index in [-0.39, 0.29) is 19.0 Å². The van der Waals surface area contributed by atoms with Crippen LogP contribution in [-0.4, -0.2) is 49.1 Å². The molecule has 1 heterocycles. The number of hydrogen-bond donors (Lipinski definition) is 2. The van der Waals surface area contributed by atoms with Crippen molar-refractivity contribution in [3.05, 3.63) is 65.5 Å². The largest absolute Gasteiger partial charge is 0.491 e. The molecule has 0 bridgehead atoms. The first kappa shape index (κ1) is 31.2. The minimum absolute atomic E-state index is 0.164. The van der Waals surface area contributed by atoms with Crippen molar-refractivity contribution in [2.24, 2.45) is 4.99 Å². The molecule has 0 saturated carbocycles. The van der Waals surface area contributed by atoms with Gasteiger partial charge in [0.2, 0.25) is 10.0 Å². The summed E-state index contributed by atoms with van der Waals surface area (Å²) < 4.78 is 60.2. The molecule has 40 heavy (non-hydrogen) atoms. The summed E-state index contributed by atoms with van der Waals surface area (Å²) in [6.45, 7) is 14.3. The van der Waals surface area contributed by atoms with Gasteiger partial charge in [-0.05, 0) is 85.6 Å². The van der Waals surface area contributed by atoms with Crippen molar-refractivity contribution < 1.29 is 31.8 Å². The summed E-state index contributed by atoms with van der Waals surface area (Å²) in [5, 5.41) is 1.88. The van der Waals surface area contributed by atoms with Gasteiger partial charge in [0.25, 0.3) is 6.02 Å². The Bertz CT molecular complexity index is 1330. The Morgan fingerprint density at radius 2 is 1.75 bits per heavy atom. The first-order valence-corrected chi connectivity index (χ1v) is 14.7. The first-order valence-electron chi connectivity index (χ1n) is 13.1. The van der Waals surface area contributed by atoms with E-state index in [4.69, 9.17) is 14.2 Å². The fourth-order valence-corrected chi connectivity index (χ4v) is 5.87. The number of nitrogens with zero attached hydrogens (tertiary/aromatic N) is 1. The van der Waals surface area contributed by atoms with E-state index in [1.165, 1.54) is 6.07 Å². The van der Waals surface area contributed by atoms with Crippen molar-refractivity contribution in [3.63, 3.8) is 0 Å². The number of halogens is 1. The lowest BCUT2D eigenvalue weighted by atomic mass is 9.97. The second-order valence-corrected chi connectivity index (χ2v) is 14.0. The molecule has 1 aliphatic heterocycles. The van der Waals surface area contributed by atoms with Gasteiger partial charge in [0.05, 0.1) is 11.6 Å². The number of nitrogens with one attached hydrogen (secondary N) is 2. The van der Waals surface area contributed by atoms with Crippen LogP contribution < -0.4 is 14.8 Å². The Labute approximate surface area is 236 Å². The van der Waals surface area contributed by atoms with Crippen LogP contribution in [-0.2, 0) is 25.9 Å². The number of amides is 1. The first-order chi connectivity index (χ1) is 18.4. The van der Waals surface area contributed by atoms with E-state index in [0.29, 0.717) is 11.3 Å². The van der Waals surface area contributed by atoms with Crippen LogP contribution in [0, 0.1) is 5.82 Å². The summed E-state index contributed by atoms with van der Waals surface area (Å²) in [6, 6.07) is 12.5. The van der Waals surface area contributed by atoms with Gasteiger partial charge in [0.15, 0.2) is 0 Å². The number of sulfonamides is 1. The van der Waals surface area contributed by atoms with Crippen LogP contribution in [0.4, 0.5) is 9.18 Å². The Hall–Kier alpha value is -3.34. The predicted octanol–water partition coefficient (Wildman–Crippen LogP) is 5.26. The molecule has 2 aromatic rings. The molecule has 0 aromatic heterocycles. The molecule has 0 radical (unpaired) electrons. The van der Waals surface area contributed by atoms with Crippen molar-refractivity contribution in [1.29, 1.82) is 0 Å². The molecule has 220 valence electrons. The van der Waals surface area contributed by atoms with E-state index >= 15 is 0 Å². The van der Waals surface area contributed by atoms with Crippen LogP contribution in [0.3, 0.4) is 0 Å². The number of rotatable bonds is 8. The monoisotopic (exact) mass is 577 g/mol. The summed E-state index contributed by atoms with van der Waals surface area (Å²) in [4.78, 5) is 16.4. The van der Waals surface area contributed by atoms with Gasteiger partial charge in [-0.3, -0.25) is 0 Å². The number of hydrogen-bond acceptors (Lipinski definition) is 7.